The van der Waals surface area contributed by atoms with Gasteiger partial charge in [-0.1, -0.05) is 12.1 Å². The van der Waals surface area contributed by atoms with Crippen LogP contribution in [-0.2, 0) is 16.1 Å². The molecule has 1 atom stereocenters. The fourth-order valence-corrected chi connectivity index (χ4v) is 0.946. The zero-order chi connectivity index (χ0) is 11.1. The molecule has 1 aromatic rings. The molecular weight excluding hydrogens is 200 g/mol. The summed E-state index contributed by atoms with van der Waals surface area (Å²) in [5.74, 6) is 0.677. The van der Waals surface area contributed by atoms with E-state index in [1.807, 2.05) is 6.92 Å². The molecule has 0 bridgehead atoms. The van der Waals surface area contributed by atoms with Crippen LogP contribution in [0.3, 0.4) is 0 Å². The Kier molecular flexibility index (Phi) is 5.23. The van der Waals surface area contributed by atoms with Gasteiger partial charge in [0.1, 0.15) is 12.7 Å². The van der Waals surface area contributed by atoms with Gasteiger partial charge in [0.2, 0.25) is 0 Å². The van der Waals surface area contributed by atoms with Crippen molar-refractivity contribution in [1.29, 1.82) is 0 Å². The Morgan fingerprint density at radius 2 is 2.27 bits per heavy atom. The van der Waals surface area contributed by atoms with Crippen LogP contribution in [0.5, 0.6) is 0 Å². The van der Waals surface area contributed by atoms with Crippen LogP contribution in [0.25, 0.3) is 0 Å². The Morgan fingerprint density at radius 3 is 2.93 bits per heavy atom. The zero-order valence-electron chi connectivity index (χ0n) is 8.97. The van der Waals surface area contributed by atoms with E-state index in [1.165, 1.54) is 0 Å². The number of hydrogen-bond acceptors (Lipinski definition) is 6. The standard InChI is InChI=1S/C9H16N2O4/c1-3-7(12)9-10-8(15-11-9)6-14-5-4-13-2/h7,12H,3-6H2,1-2H3. The Labute approximate surface area is 88.2 Å². The van der Waals surface area contributed by atoms with E-state index in [-0.39, 0.29) is 6.61 Å². The number of rotatable bonds is 7. The molecular formula is C9H16N2O4. The van der Waals surface area contributed by atoms with Crippen LogP contribution in [0.2, 0.25) is 0 Å². The van der Waals surface area contributed by atoms with Crippen LogP contribution in [0.1, 0.15) is 31.2 Å². The van der Waals surface area contributed by atoms with Gasteiger partial charge >= 0.3 is 0 Å². The molecule has 0 aromatic carbocycles. The highest BCUT2D eigenvalue weighted by molar-refractivity contribution is 4.89. The van der Waals surface area contributed by atoms with Crippen molar-refractivity contribution >= 4 is 0 Å². The summed E-state index contributed by atoms with van der Waals surface area (Å²) < 4.78 is 14.9. The molecule has 1 heterocycles. The molecule has 1 unspecified atom stereocenters. The lowest BCUT2D eigenvalue weighted by molar-refractivity contribution is 0.0494. The third-order valence-corrected chi connectivity index (χ3v) is 1.83. The number of aliphatic hydroxyl groups excluding tert-OH is 1. The molecule has 0 saturated heterocycles. The van der Waals surface area contributed by atoms with Gasteiger partial charge < -0.3 is 19.1 Å². The third kappa shape index (κ3) is 3.94. The number of aliphatic hydroxyl groups is 1. The summed E-state index contributed by atoms with van der Waals surface area (Å²) in [6.07, 6.45) is -0.106. The molecule has 0 aliphatic carbocycles. The van der Waals surface area contributed by atoms with E-state index in [9.17, 15) is 5.11 Å². The fraction of sp³-hybridized carbons (Fsp3) is 0.778. The zero-order valence-corrected chi connectivity index (χ0v) is 8.97. The molecule has 86 valence electrons. The van der Waals surface area contributed by atoms with Crippen LogP contribution in [0.4, 0.5) is 0 Å². The largest absolute Gasteiger partial charge is 0.385 e. The number of aromatic nitrogens is 2. The van der Waals surface area contributed by atoms with Crippen molar-refractivity contribution < 1.29 is 19.1 Å². The maximum absolute atomic E-state index is 9.41. The maximum atomic E-state index is 9.41. The first-order valence-electron chi connectivity index (χ1n) is 4.85. The second kappa shape index (κ2) is 6.49. The molecule has 15 heavy (non-hydrogen) atoms. The first-order chi connectivity index (χ1) is 7.27. The van der Waals surface area contributed by atoms with Gasteiger partial charge in [-0.25, -0.2) is 0 Å². The van der Waals surface area contributed by atoms with Crippen LogP contribution < -0.4 is 0 Å². The van der Waals surface area contributed by atoms with Crippen LogP contribution in [-0.4, -0.2) is 35.6 Å². The fourth-order valence-electron chi connectivity index (χ4n) is 0.946. The van der Waals surface area contributed by atoms with Crippen molar-refractivity contribution in [3.8, 4) is 0 Å². The summed E-state index contributed by atoms with van der Waals surface area (Å²) in [4.78, 5) is 3.99. The normalized spacial score (nSPS) is 13.0. The van der Waals surface area contributed by atoms with Gasteiger partial charge in [-0.2, -0.15) is 4.98 Å². The molecule has 1 N–H and O–H groups in total. The summed E-state index contributed by atoms with van der Waals surface area (Å²) in [5, 5.41) is 13.0. The summed E-state index contributed by atoms with van der Waals surface area (Å²) in [6.45, 7) is 3.09. The molecule has 0 amide bonds. The van der Waals surface area contributed by atoms with Crippen molar-refractivity contribution in [3.05, 3.63) is 11.7 Å². The lowest BCUT2D eigenvalue weighted by Crippen LogP contribution is -2.02. The summed E-state index contributed by atoms with van der Waals surface area (Å²) in [5.41, 5.74) is 0. The van der Waals surface area contributed by atoms with Crippen molar-refractivity contribution in [2.45, 2.75) is 26.1 Å². The van der Waals surface area contributed by atoms with Gasteiger partial charge in [0.25, 0.3) is 5.89 Å². The molecule has 1 aromatic heterocycles. The second-order valence-electron chi connectivity index (χ2n) is 3.02. The van der Waals surface area contributed by atoms with Crippen molar-refractivity contribution in [3.63, 3.8) is 0 Å². The van der Waals surface area contributed by atoms with Gasteiger partial charge in [0.05, 0.1) is 13.2 Å². The van der Waals surface area contributed by atoms with Crippen LogP contribution in [0.15, 0.2) is 4.52 Å². The van der Waals surface area contributed by atoms with Gasteiger partial charge in [-0.15, -0.1) is 0 Å². The topological polar surface area (TPSA) is 77.6 Å². The van der Waals surface area contributed by atoms with Gasteiger partial charge in [-0.05, 0) is 6.42 Å². The average Bonchev–Trinajstić information content (AvgIpc) is 2.72. The number of hydrogen-bond donors (Lipinski definition) is 1. The summed E-state index contributed by atoms with van der Waals surface area (Å²) in [7, 11) is 1.60. The van der Waals surface area contributed by atoms with Crippen molar-refractivity contribution in [2.75, 3.05) is 20.3 Å². The number of ether oxygens (including phenoxy) is 2. The minimum atomic E-state index is -0.665. The third-order valence-electron chi connectivity index (χ3n) is 1.83. The minimum Gasteiger partial charge on any atom is -0.385 e. The van der Waals surface area contributed by atoms with E-state index in [0.717, 1.165) is 0 Å². The van der Waals surface area contributed by atoms with Gasteiger partial charge in [0, 0.05) is 7.11 Å². The Balaban J connectivity index is 2.33. The van der Waals surface area contributed by atoms with E-state index in [1.54, 1.807) is 7.11 Å². The molecule has 6 heteroatoms. The predicted octanol–water partition coefficient (Wildman–Crippen LogP) is 0.676. The summed E-state index contributed by atoms with van der Waals surface area (Å²) >= 11 is 0. The van der Waals surface area contributed by atoms with Crippen LogP contribution in [0, 0.1) is 0 Å². The first-order valence-corrected chi connectivity index (χ1v) is 4.85. The highest BCUT2D eigenvalue weighted by Gasteiger charge is 2.13. The number of methoxy groups -OCH3 is 1. The van der Waals surface area contributed by atoms with E-state index >= 15 is 0 Å². The molecule has 6 nitrogen and oxygen atoms in total. The second-order valence-corrected chi connectivity index (χ2v) is 3.02. The molecule has 0 radical (unpaired) electrons. The monoisotopic (exact) mass is 216 g/mol. The Bertz CT molecular complexity index is 277. The molecule has 1 rings (SSSR count). The van der Waals surface area contributed by atoms with Crippen molar-refractivity contribution in [1.82, 2.24) is 10.1 Å². The predicted molar refractivity (Wildman–Crippen MR) is 51.1 cm³/mol. The highest BCUT2D eigenvalue weighted by Crippen LogP contribution is 2.12. The molecule has 0 spiro atoms. The minimum absolute atomic E-state index is 0.243. The quantitative estimate of drug-likeness (QED) is 0.675. The van der Waals surface area contributed by atoms with E-state index in [0.29, 0.717) is 31.3 Å². The SMILES string of the molecule is CCC(O)c1noc(COCCOC)n1. The van der Waals surface area contributed by atoms with Crippen molar-refractivity contribution in [2.24, 2.45) is 0 Å². The molecule has 0 saturated carbocycles. The van der Waals surface area contributed by atoms with Crippen LogP contribution >= 0.6 is 0 Å². The van der Waals surface area contributed by atoms with Gasteiger partial charge in [-0.3, -0.25) is 0 Å². The highest BCUT2D eigenvalue weighted by atomic mass is 16.5. The average molecular weight is 216 g/mol. The van der Waals surface area contributed by atoms with E-state index in [4.69, 9.17) is 14.0 Å². The summed E-state index contributed by atoms with van der Waals surface area (Å²) in [6, 6.07) is 0. The first kappa shape index (κ1) is 12.1. The molecule has 0 aliphatic heterocycles. The lowest BCUT2D eigenvalue weighted by atomic mass is 10.3. The number of nitrogens with zero attached hydrogens (tertiary/aromatic N) is 2. The van der Waals surface area contributed by atoms with E-state index in [2.05, 4.69) is 10.1 Å². The Hall–Kier alpha value is -0.980. The molecule has 0 fully saturated rings. The molecule has 0 aliphatic rings. The lowest BCUT2D eigenvalue weighted by Gasteiger charge is -1.99. The maximum Gasteiger partial charge on any atom is 0.252 e. The Morgan fingerprint density at radius 1 is 1.47 bits per heavy atom. The smallest absolute Gasteiger partial charge is 0.252 e. The van der Waals surface area contributed by atoms with Gasteiger partial charge in [0.15, 0.2) is 5.82 Å². The van der Waals surface area contributed by atoms with E-state index < -0.39 is 6.10 Å².